The Labute approximate surface area is 416 Å². The van der Waals surface area contributed by atoms with E-state index in [4.69, 9.17) is 18.9 Å². The molecule has 0 fully saturated rings. The summed E-state index contributed by atoms with van der Waals surface area (Å²) in [6.07, 6.45) is -2.51. The fourth-order valence-electron chi connectivity index (χ4n) is 4.77. The van der Waals surface area contributed by atoms with Crippen molar-refractivity contribution in [1.82, 2.24) is 21.3 Å². The number of aliphatic hydroxyl groups excluding tert-OH is 6. The summed E-state index contributed by atoms with van der Waals surface area (Å²) in [5, 5.41) is 69.1. The average Bonchev–Trinajstić information content (AvgIpc) is 3.18. The summed E-state index contributed by atoms with van der Waals surface area (Å²) < 4.78 is 24.8. The van der Waals surface area contributed by atoms with E-state index in [1.807, 2.05) is 136 Å². The number of ether oxygens (including phenoxy) is 4. The van der Waals surface area contributed by atoms with E-state index in [-0.39, 0.29) is 56.1 Å². The molecule has 0 bridgehead atoms. The fourth-order valence-corrected chi connectivity index (χ4v) is 13.7. The van der Waals surface area contributed by atoms with E-state index in [2.05, 4.69) is 21.3 Å². The molecule has 10 N–H and O–H groups in total. The third kappa shape index (κ3) is 15.8. The molecule has 0 radical (unpaired) electrons. The summed E-state index contributed by atoms with van der Waals surface area (Å²) in [5.74, 6) is -1.19. The number of aldehydes is 2. The molecule has 326 valence electrons. The lowest BCUT2D eigenvalue weighted by Gasteiger charge is -2.26. The van der Waals surface area contributed by atoms with Crippen molar-refractivity contribution in [3.8, 4) is 22.6 Å². The molecule has 0 spiro atoms. The number of carbonyl (C=O) groups excluding carboxylic acids is 4. The lowest BCUT2D eigenvalue weighted by molar-refractivity contribution is -0.115. The van der Waals surface area contributed by atoms with E-state index in [0.29, 0.717) is 50.8 Å². The SMILES string of the molecule is CC(O)OCCCNC(C=O)Oc1c(I)c(C(=O)NC(CO)CO)c(I)c(-c2c(I)c(OC(C=O)NCCCOC(C)O)c(I)c(C(=O)NC(CO)CO)c2I)c1I. The second-order valence-corrected chi connectivity index (χ2v) is 18.5. The Morgan fingerprint density at radius 3 is 1.19 bits per heavy atom. The van der Waals surface area contributed by atoms with Gasteiger partial charge in [-0.3, -0.25) is 29.8 Å². The number of nitrogens with one attached hydrogen (secondary N) is 4. The first-order chi connectivity index (χ1) is 27.5. The second kappa shape index (κ2) is 28.2. The third-order valence-electron chi connectivity index (χ3n) is 7.60. The number of benzene rings is 2. The van der Waals surface area contributed by atoms with Crippen LogP contribution in [0.3, 0.4) is 0 Å². The van der Waals surface area contributed by atoms with Crippen molar-refractivity contribution in [3.05, 3.63) is 32.5 Å². The number of amides is 2. The predicted octanol–water partition coefficient (Wildman–Crippen LogP) is 1.62. The van der Waals surface area contributed by atoms with Gasteiger partial charge in [0.15, 0.2) is 25.2 Å². The van der Waals surface area contributed by atoms with Gasteiger partial charge in [-0.15, -0.1) is 0 Å². The molecule has 4 unspecified atom stereocenters. The van der Waals surface area contributed by atoms with Gasteiger partial charge in [0, 0.05) is 31.4 Å². The van der Waals surface area contributed by atoms with Gasteiger partial charge in [-0.25, -0.2) is 0 Å². The van der Waals surface area contributed by atoms with Crippen LogP contribution in [0.1, 0.15) is 47.4 Å². The van der Waals surface area contributed by atoms with E-state index in [1.165, 1.54) is 13.8 Å². The van der Waals surface area contributed by atoms with Crippen molar-refractivity contribution >= 4 is 160 Å². The van der Waals surface area contributed by atoms with Gasteiger partial charge in [-0.2, -0.15) is 0 Å². The molecule has 2 amide bonds. The summed E-state index contributed by atoms with van der Waals surface area (Å²) in [6.45, 7) is 1.54. The molecule has 2 aromatic carbocycles. The lowest BCUT2D eigenvalue weighted by atomic mass is 9.98. The van der Waals surface area contributed by atoms with Gasteiger partial charge in [-0.1, -0.05) is 0 Å². The van der Waals surface area contributed by atoms with E-state index >= 15 is 0 Å². The topological polar surface area (TPSA) is 275 Å². The van der Waals surface area contributed by atoms with Crippen molar-refractivity contribution < 1.29 is 68.8 Å². The molecule has 58 heavy (non-hydrogen) atoms. The van der Waals surface area contributed by atoms with E-state index in [1.54, 1.807) is 0 Å². The zero-order valence-corrected chi connectivity index (χ0v) is 43.9. The molecule has 0 saturated heterocycles. The number of halogens is 6. The molecule has 24 heteroatoms. The van der Waals surface area contributed by atoms with Crippen LogP contribution in [-0.4, -0.2) is 145 Å². The molecule has 0 aliphatic rings. The molecule has 0 heterocycles. The molecule has 0 aliphatic carbocycles. The Balaban J connectivity index is 2.97. The minimum Gasteiger partial charge on any atom is -0.466 e. The van der Waals surface area contributed by atoms with Gasteiger partial charge in [0.05, 0.1) is 77.1 Å². The van der Waals surface area contributed by atoms with Gasteiger partial charge in [0.2, 0.25) is 12.5 Å². The Morgan fingerprint density at radius 2 is 0.914 bits per heavy atom. The number of hydrogen-bond acceptors (Lipinski definition) is 16. The molecule has 2 rings (SSSR count). The van der Waals surface area contributed by atoms with Crippen LogP contribution in [0.4, 0.5) is 0 Å². The minimum absolute atomic E-state index is 0.0552. The number of rotatable bonds is 27. The lowest BCUT2D eigenvalue weighted by Crippen LogP contribution is -2.41. The smallest absolute Gasteiger partial charge is 0.253 e. The van der Waals surface area contributed by atoms with Gasteiger partial charge < -0.3 is 60.2 Å². The Hall–Kier alpha value is 0.300. The van der Waals surface area contributed by atoms with Crippen LogP contribution >= 0.6 is 136 Å². The monoisotopic (exact) mass is 1490 g/mol. The number of hydrogen-bond donors (Lipinski definition) is 10. The summed E-state index contributed by atoms with van der Waals surface area (Å²) in [4.78, 5) is 52.7. The first-order valence-corrected chi connectivity index (χ1v) is 23.8. The van der Waals surface area contributed by atoms with Crippen LogP contribution in [-0.2, 0) is 19.1 Å². The standard InChI is InChI=1S/C34H44I6N4O14/c1-15(51)55-7-3-5-41-19(13-49)57-31-27(37)21(25(35)23(29(31)39)33(53)43-17(9-45)10-46)22-26(36)24(34(54)44-18(11-47)12-48)30(40)32(28(22)38)58-20(14-50)42-6-4-8-56-16(2)52/h13-20,41-42,45-48,51-52H,3-12H2,1-2H3,(H,43,53)(H,44,54). The van der Waals surface area contributed by atoms with E-state index in [0.717, 1.165) is 0 Å². The van der Waals surface area contributed by atoms with E-state index < -0.39 is 75.4 Å². The largest absolute Gasteiger partial charge is 0.466 e. The van der Waals surface area contributed by atoms with Gasteiger partial charge in [-0.05, 0) is 162 Å². The average molecular weight is 1490 g/mol. The molecular weight excluding hydrogens is 1450 g/mol. The van der Waals surface area contributed by atoms with Crippen molar-refractivity contribution in [3.63, 3.8) is 0 Å². The third-order valence-corrected chi connectivity index (χ3v) is 13.9. The van der Waals surface area contributed by atoms with Crippen molar-refractivity contribution in [2.75, 3.05) is 52.7 Å². The maximum Gasteiger partial charge on any atom is 0.253 e. The first kappa shape index (κ1) is 54.4. The molecule has 0 aromatic heterocycles. The number of aliphatic hydroxyl groups is 6. The van der Waals surface area contributed by atoms with Crippen LogP contribution in [0.2, 0.25) is 0 Å². The molecule has 18 nitrogen and oxygen atoms in total. The van der Waals surface area contributed by atoms with Gasteiger partial charge in [0.25, 0.3) is 11.8 Å². The maximum absolute atomic E-state index is 14.0. The highest BCUT2D eigenvalue weighted by Crippen LogP contribution is 2.49. The Morgan fingerprint density at radius 1 is 0.586 bits per heavy atom. The maximum atomic E-state index is 14.0. The quantitative estimate of drug-likeness (QED) is 0.0264. The van der Waals surface area contributed by atoms with Crippen molar-refractivity contribution in [2.45, 2.75) is 63.8 Å². The van der Waals surface area contributed by atoms with Crippen molar-refractivity contribution in [1.29, 1.82) is 0 Å². The van der Waals surface area contributed by atoms with Gasteiger partial charge in [0.1, 0.15) is 11.5 Å². The predicted molar refractivity (Wildman–Crippen MR) is 260 cm³/mol. The molecule has 0 aliphatic heterocycles. The highest BCUT2D eigenvalue weighted by molar-refractivity contribution is 14.1. The summed E-state index contributed by atoms with van der Waals surface area (Å²) in [5.41, 5.74) is 0.827. The second-order valence-electron chi connectivity index (χ2n) is 12.0. The molecular formula is C34H44I6N4O14. The Kier molecular flexibility index (Phi) is 26.4. The van der Waals surface area contributed by atoms with Gasteiger partial charge >= 0.3 is 0 Å². The van der Waals surface area contributed by atoms with Crippen LogP contribution in [0.15, 0.2) is 0 Å². The first-order valence-electron chi connectivity index (χ1n) is 17.3. The summed E-state index contributed by atoms with van der Waals surface area (Å²) in [6, 6.07) is -2.05. The number of carbonyl (C=O) groups is 4. The van der Waals surface area contributed by atoms with Crippen LogP contribution in [0, 0.1) is 21.4 Å². The zero-order valence-electron chi connectivity index (χ0n) is 30.9. The zero-order chi connectivity index (χ0) is 43.7. The summed E-state index contributed by atoms with van der Waals surface area (Å²) >= 11 is 11.8. The van der Waals surface area contributed by atoms with Crippen LogP contribution in [0.25, 0.3) is 11.1 Å². The normalized spacial score (nSPS) is 13.6. The molecule has 0 saturated carbocycles. The molecule has 4 atom stereocenters. The minimum atomic E-state index is -1.23. The summed E-state index contributed by atoms with van der Waals surface area (Å²) in [7, 11) is 0. The van der Waals surface area contributed by atoms with Crippen LogP contribution < -0.4 is 30.7 Å². The highest BCUT2D eigenvalue weighted by atomic mass is 127. The fraction of sp³-hybridized carbons (Fsp3) is 0.529. The highest BCUT2D eigenvalue weighted by Gasteiger charge is 2.34. The Bertz CT molecular complexity index is 1580. The van der Waals surface area contributed by atoms with Crippen LogP contribution in [0.5, 0.6) is 11.5 Å². The van der Waals surface area contributed by atoms with E-state index in [9.17, 15) is 49.8 Å². The molecule has 2 aromatic rings. The van der Waals surface area contributed by atoms with Crippen molar-refractivity contribution in [2.24, 2.45) is 0 Å².